The largest absolute Gasteiger partial charge is 0.416 e. The zero-order valence-electron chi connectivity index (χ0n) is 16.5. The molecule has 30 heavy (non-hydrogen) atoms. The van der Waals surface area contributed by atoms with E-state index in [0.29, 0.717) is 24.5 Å². The van der Waals surface area contributed by atoms with Crippen LogP contribution in [0.4, 0.5) is 27.8 Å². The molecular formula is C21H21F5N4. The molecule has 1 atom stereocenters. The summed E-state index contributed by atoms with van der Waals surface area (Å²) >= 11 is 0. The van der Waals surface area contributed by atoms with Crippen LogP contribution in [0.2, 0.25) is 0 Å². The van der Waals surface area contributed by atoms with Crippen molar-refractivity contribution in [3.8, 4) is 0 Å². The van der Waals surface area contributed by atoms with Gasteiger partial charge >= 0.3 is 6.18 Å². The second-order valence-electron chi connectivity index (χ2n) is 6.78. The van der Waals surface area contributed by atoms with Crippen molar-refractivity contribution >= 4 is 11.4 Å². The highest BCUT2D eigenvalue weighted by molar-refractivity contribution is 5.77. The van der Waals surface area contributed by atoms with Crippen molar-refractivity contribution in [1.29, 1.82) is 0 Å². The molecule has 0 spiro atoms. The van der Waals surface area contributed by atoms with Crippen LogP contribution in [0.3, 0.4) is 0 Å². The summed E-state index contributed by atoms with van der Waals surface area (Å²) < 4.78 is 69.1. The maximum atomic E-state index is 14.5. The van der Waals surface area contributed by atoms with E-state index in [1.54, 1.807) is 17.7 Å². The summed E-state index contributed by atoms with van der Waals surface area (Å²) in [6.45, 7) is 3.50. The average Bonchev–Trinajstić information content (AvgIpc) is 3.27. The van der Waals surface area contributed by atoms with Crippen LogP contribution in [0.25, 0.3) is 5.57 Å². The predicted molar refractivity (Wildman–Crippen MR) is 105 cm³/mol. The number of aryl methyl sites for hydroxylation is 1. The second-order valence-corrected chi connectivity index (χ2v) is 6.78. The summed E-state index contributed by atoms with van der Waals surface area (Å²) in [6.07, 6.45) is 0.215. The monoisotopic (exact) mass is 424 g/mol. The molecule has 2 aromatic heterocycles. The number of rotatable bonds is 6. The maximum absolute atomic E-state index is 14.5. The molecule has 0 saturated carbocycles. The molecule has 3 rings (SSSR count). The van der Waals surface area contributed by atoms with Gasteiger partial charge in [0.05, 0.1) is 29.2 Å². The lowest BCUT2D eigenvalue weighted by atomic mass is 10.0. The van der Waals surface area contributed by atoms with Crippen molar-refractivity contribution in [2.45, 2.75) is 45.5 Å². The highest BCUT2D eigenvalue weighted by Gasteiger charge is 2.33. The molecule has 1 aliphatic heterocycles. The molecule has 0 fully saturated rings. The van der Waals surface area contributed by atoms with Crippen molar-refractivity contribution in [1.82, 2.24) is 14.8 Å². The molecule has 1 aliphatic rings. The number of alkyl halides is 3. The zero-order chi connectivity index (χ0) is 21.9. The van der Waals surface area contributed by atoms with Crippen molar-refractivity contribution in [3.63, 3.8) is 0 Å². The summed E-state index contributed by atoms with van der Waals surface area (Å²) in [5, 5.41) is 7.46. The van der Waals surface area contributed by atoms with Gasteiger partial charge in [0.1, 0.15) is 17.5 Å². The van der Waals surface area contributed by atoms with Gasteiger partial charge in [-0.2, -0.15) is 18.3 Å². The van der Waals surface area contributed by atoms with Crippen LogP contribution in [0.5, 0.6) is 0 Å². The van der Waals surface area contributed by atoms with Crippen LogP contribution in [0.15, 0.2) is 54.0 Å². The summed E-state index contributed by atoms with van der Waals surface area (Å²) in [5.41, 5.74) is -0.338. The second kappa shape index (κ2) is 8.81. The minimum Gasteiger partial charge on any atom is -0.362 e. The van der Waals surface area contributed by atoms with E-state index in [1.165, 1.54) is 19.1 Å². The fraction of sp³-hybridized carbons (Fsp3) is 0.333. The number of hydrogen-bond donors (Lipinski definition) is 1. The third-order valence-electron chi connectivity index (χ3n) is 4.69. The first-order chi connectivity index (χ1) is 14.2. The van der Waals surface area contributed by atoms with Crippen LogP contribution < -0.4 is 5.32 Å². The smallest absolute Gasteiger partial charge is 0.362 e. The Labute approximate surface area is 170 Å². The molecule has 0 saturated heterocycles. The first-order valence-electron chi connectivity index (χ1n) is 9.50. The van der Waals surface area contributed by atoms with Crippen molar-refractivity contribution in [2.75, 3.05) is 5.32 Å². The van der Waals surface area contributed by atoms with E-state index in [4.69, 9.17) is 0 Å². The Kier molecular flexibility index (Phi) is 6.38. The maximum Gasteiger partial charge on any atom is 0.416 e. The van der Waals surface area contributed by atoms with Crippen LogP contribution in [0, 0.1) is 5.82 Å². The zero-order valence-corrected chi connectivity index (χ0v) is 16.5. The quantitative estimate of drug-likeness (QED) is 0.448. The molecule has 1 unspecified atom stereocenters. The fourth-order valence-electron chi connectivity index (χ4n) is 3.26. The lowest BCUT2D eigenvalue weighted by Crippen LogP contribution is -2.11. The van der Waals surface area contributed by atoms with E-state index in [0.717, 1.165) is 24.4 Å². The van der Waals surface area contributed by atoms with Crippen LogP contribution in [-0.2, 0) is 6.54 Å². The van der Waals surface area contributed by atoms with Gasteiger partial charge < -0.3 is 5.32 Å². The molecule has 0 aromatic carbocycles. The predicted octanol–water partition coefficient (Wildman–Crippen LogP) is 6.13. The van der Waals surface area contributed by atoms with Crippen LogP contribution in [0.1, 0.15) is 44.1 Å². The molecule has 4 nitrogen and oxygen atoms in total. The van der Waals surface area contributed by atoms with E-state index in [-0.39, 0.29) is 23.7 Å². The number of halogens is 5. The molecule has 0 radical (unpaired) electrons. The SMILES string of the molecule is C\C=C(F)/C(=C\C(=C\CC)C(F)(F)F)c1cc2n(n1)CCC2Nc1ccc(F)cn1. The van der Waals surface area contributed by atoms with Crippen LogP contribution >= 0.6 is 0 Å². The number of fused-ring (bicyclic) bond motifs is 1. The standard InChI is InChI=1S/C21H21F5N4/c1-3-5-13(21(24,25)26)10-15(16(23)4-2)18-11-19-17(8-9-30(19)29-18)28-20-7-6-14(22)12-27-20/h4-7,10-12,17H,3,8-9H2,1-2H3,(H,27,28)/b13-5-,15-10+,16-4+. The first-order valence-corrected chi connectivity index (χ1v) is 9.50. The van der Waals surface area contributed by atoms with Gasteiger partial charge in [0.2, 0.25) is 0 Å². The molecule has 2 aromatic rings. The molecule has 0 amide bonds. The number of aromatic nitrogens is 3. The summed E-state index contributed by atoms with van der Waals surface area (Å²) in [6, 6.07) is 4.11. The third-order valence-corrected chi connectivity index (χ3v) is 4.69. The van der Waals surface area contributed by atoms with Gasteiger partial charge in [0.25, 0.3) is 0 Å². The van der Waals surface area contributed by atoms with Crippen molar-refractivity contribution in [2.24, 2.45) is 0 Å². The van der Waals surface area contributed by atoms with E-state index in [9.17, 15) is 22.0 Å². The molecule has 3 heterocycles. The number of pyridine rings is 1. The lowest BCUT2D eigenvalue weighted by molar-refractivity contribution is -0.0883. The molecule has 0 aliphatic carbocycles. The number of nitrogens with zero attached hydrogens (tertiary/aromatic N) is 3. The van der Waals surface area contributed by atoms with Gasteiger partial charge in [0.15, 0.2) is 0 Å². The Morgan fingerprint density at radius 1 is 1.33 bits per heavy atom. The number of nitrogens with one attached hydrogen (secondary N) is 1. The van der Waals surface area contributed by atoms with E-state index in [2.05, 4.69) is 15.4 Å². The van der Waals surface area contributed by atoms with Gasteiger partial charge in [-0.25, -0.2) is 13.8 Å². The van der Waals surface area contributed by atoms with Crippen LogP contribution in [-0.4, -0.2) is 20.9 Å². The Balaban J connectivity index is 1.95. The van der Waals surface area contributed by atoms with Crippen molar-refractivity contribution < 1.29 is 22.0 Å². The highest BCUT2D eigenvalue weighted by atomic mass is 19.4. The minimum atomic E-state index is -4.60. The molecular weight excluding hydrogens is 403 g/mol. The molecule has 160 valence electrons. The summed E-state index contributed by atoms with van der Waals surface area (Å²) in [5.74, 6) is -0.794. The van der Waals surface area contributed by atoms with E-state index >= 15 is 0 Å². The summed E-state index contributed by atoms with van der Waals surface area (Å²) in [4.78, 5) is 3.96. The van der Waals surface area contributed by atoms with E-state index in [1.807, 2.05) is 0 Å². The minimum absolute atomic E-state index is 0.116. The number of hydrogen-bond acceptors (Lipinski definition) is 3. The molecule has 9 heteroatoms. The normalized spacial score (nSPS) is 18.0. The molecule has 0 bridgehead atoms. The van der Waals surface area contributed by atoms with Gasteiger partial charge in [-0.15, -0.1) is 0 Å². The molecule has 1 N–H and O–H groups in total. The van der Waals surface area contributed by atoms with Gasteiger partial charge in [0, 0.05) is 12.1 Å². The Morgan fingerprint density at radius 3 is 2.70 bits per heavy atom. The van der Waals surface area contributed by atoms with Gasteiger partial charge in [-0.05, 0) is 44.0 Å². The summed E-state index contributed by atoms with van der Waals surface area (Å²) in [7, 11) is 0. The lowest BCUT2D eigenvalue weighted by Gasteiger charge is -2.12. The first kappa shape index (κ1) is 21.7. The Morgan fingerprint density at radius 2 is 2.10 bits per heavy atom. The highest BCUT2D eigenvalue weighted by Crippen LogP contribution is 2.36. The average molecular weight is 424 g/mol. The fourth-order valence-corrected chi connectivity index (χ4v) is 3.26. The third kappa shape index (κ3) is 4.77. The number of anilines is 1. The van der Waals surface area contributed by atoms with Gasteiger partial charge in [-0.1, -0.05) is 19.1 Å². The van der Waals surface area contributed by atoms with Crippen molar-refractivity contribution in [3.05, 3.63) is 71.2 Å². The van der Waals surface area contributed by atoms with Gasteiger partial charge in [-0.3, -0.25) is 4.68 Å². The number of allylic oxidation sites excluding steroid dienone is 6. The van der Waals surface area contributed by atoms with E-state index < -0.39 is 23.4 Å². The Bertz CT molecular complexity index is 984. The topological polar surface area (TPSA) is 42.7 Å². The Hall–Kier alpha value is -2.97.